The lowest BCUT2D eigenvalue weighted by atomic mass is 10.2. The molecule has 0 aliphatic carbocycles. The van der Waals surface area contributed by atoms with Gasteiger partial charge in [0.15, 0.2) is 5.82 Å². The third-order valence-electron chi connectivity index (χ3n) is 6.11. The number of sulfonamides is 1. The van der Waals surface area contributed by atoms with Crippen molar-refractivity contribution in [3.8, 4) is 28.6 Å². The van der Waals surface area contributed by atoms with Gasteiger partial charge in [-0.15, -0.1) is 21.5 Å². The van der Waals surface area contributed by atoms with Crippen molar-refractivity contribution in [1.29, 1.82) is 0 Å². The van der Waals surface area contributed by atoms with E-state index >= 15 is 0 Å². The summed E-state index contributed by atoms with van der Waals surface area (Å²) >= 11 is 1.41. The Bertz CT molecular complexity index is 1510. The van der Waals surface area contributed by atoms with Gasteiger partial charge in [0, 0.05) is 29.9 Å². The summed E-state index contributed by atoms with van der Waals surface area (Å²) in [5.74, 6) is 1.17. The predicted molar refractivity (Wildman–Crippen MR) is 146 cm³/mol. The molecule has 38 heavy (non-hydrogen) atoms. The molecule has 11 nitrogen and oxygen atoms in total. The Morgan fingerprint density at radius 1 is 1.03 bits per heavy atom. The molecular formula is C25H30N6O5S2. The van der Waals surface area contributed by atoms with Gasteiger partial charge in [-0.05, 0) is 51.5 Å². The van der Waals surface area contributed by atoms with Crippen LogP contribution >= 0.6 is 11.3 Å². The van der Waals surface area contributed by atoms with Crippen LogP contribution in [0.5, 0.6) is 11.5 Å². The number of anilines is 1. The molecule has 4 rings (SSSR count). The van der Waals surface area contributed by atoms with E-state index in [1.807, 2.05) is 26.8 Å². The molecule has 0 saturated carbocycles. The zero-order valence-corrected chi connectivity index (χ0v) is 23.8. The first-order valence-electron chi connectivity index (χ1n) is 11.7. The van der Waals surface area contributed by atoms with Gasteiger partial charge in [0.05, 0.1) is 19.9 Å². The molecule has 0 aliphatic heterocycles. The molecule has 2 atom stereocenters. The van der Waals surface area contributed by atoms with E-state index in [0.29, 0.717) is 33.6 Å². The average Bonchev–Trinajstić information content (AvgIpc) is 3.45. The Hall–Kier alpha value is -3.55. The van der Waals surface area contributed by atoms with Crippen molar-refractivity contribution in [1.82, 2.24) is 24.7 Å². The van der Waals surface area contributed by atoms with Gasteiger partial charge in [-0.25, -0.2) is 13.4 Å². The van der Waals surface area contributed by atoms with E-state index in [1.54, 1.807) is 42.1 Å². The first-order chi connectivity index (χ1) is 18.1. The summed E-state index contributed by atoms with van der Waals surface area (Å²) in [6, 6.07) is 7.13. The Morgan fingerprint density at radius 3 is 2.26 bits per heavy atom. The maximum absolute atomic E-state index is 13.7. The number of pyridine rings is 1. The number of para-hydroxylation sites is 1. The van der Waals surface area contributed by atoms with Crippen molar-refractivity contribution >= 4 is 27.3 Å². The molecule has 2 unspecified atom stereocenters. The highest BCUT2D eigenvalue weighted by Gasteiger charge is 2.35. The number of hydrogen-bond donors (Lipinski definition) is 1. The molecule has 13 heteroatoms. The first-order valence-corrected chi connectivity index (χ1v) is 14.0. The Morgan fingerprint density at radius 2 is 1.71 bits per heavy atom. The van der Waals surface area contributed by atoms with Crippen LogP contribution < -0.4 is 14.2 Å². The zero-order chi connectivity index (χ0) is 27.6. The summed E-state index contributed by atoms with van der Waals surface area (Å²) in [6.45, 7) is 7.28. The normalized spacial score (nSPS) is 13.2. The molecule has 0 radical (unpaired) electrons. The Kier molecular flexibility index (Phi) is 7.99. The second kappa shape index (κ2) is 11.1. The van der Waals surface area contributed by atoms with E-state index in [9.17, 15) is 8.42 Å². The summed E-state index contributed by atoms with van der Waals surface area (Å²) < 4.78 is 48.4. The summed E-state index contributed by atoms with van der Waals surface area (Å²) in [4.78, 5) is 9.78. The largest absolute Gasteiger partial charge is 0.494 e. The molecule has 0 fully saturated rings. The molecular weight excluding hydrogens is 528 g/mol. The highest BCUT2D eigenvalue weighted by Crippen LogP contribution is 2.38. The third kappa shape index (κ3) is 5.22. The van der Waals surface area contributed by atoms with Gasteiger partial charge in [0.2, 0.25) is 16.0 Å². The second-order valence-corrected chi connectivity index (χ2v) is 11.9. The van der Waals surface area contributed by atoms with Gasteiger partial charge in [-0.2, -0.15) is 0 Å². The van der Waals surface area contributed by atoms with Crippen LogP contribution in [0.15, 0.2) is 36.7 Å². The molecule has 0 amide bonds. The zero-order valence-electron chi connectivity index (χ0n) is 22.2. The topological polar surface area (TPSA) is 130 Å². The van der Waals surface area contributed by atoms with Crippen molar-refractivity contribution in [2.24, 2.45) is 0 Å². The molecule has 4 aromatic rings. The van der Waals surface area contributed by atoms with Crippen LogP contribution in [0.1, 0.15) is 34.2 Å². The third-order valence-corrected chi connectivity index (χ3v) is 8.94. The molecule has 0 saturated heterocycles. The quantitative estimate of drug-likeness (QED) is 0.304. The minimum Gasteiger partial charge on any atom is -0.494 e. The summed E-state index contributed by atoms with van der Waals surface area (Å²) in [6.07, 6.45) is 2.55. The number of thiazole rings is 1. The molecule has 3 aromatic heterocycles. The number of aryl methyl sites for hydroxylation is 3. The van der Waals surface area contributed by atoms with Crippen molar-refractivity contribution < 1.29 is 22.6 Å². The maximum atomic E-state index is 13.7. The van der Waals surface area contributed by atoms with Crippen LogP contribution in [0.4, 0.5) is 5.95 Å². The highest BCUT2D eigenvalue weighted by molar-refractivity contribution is 7.93. The maximum Gasteiger partial charge on any atom is 0.243 e. The monoisotopic (exact) mass is 558 g/mol. The van der Waals surface area contributed by atoms with Gasteiger partial charge < -0.3 is 14.2 Å². The Balaban J connectivity index is 1.85. The lowest BCUT2D eigenvalue weighted by Gasteiger charge is -2.22. The number of nitrogens with one attached hydrogen (secondary N) is 1. The highest BCUT2D eigenvalue weighted by atomic mass is 32.2. The smallest absolute Gasteiger partial charge is 0.243 e. The SMILES string of the molecule is COc1cccc(OC)c1-n1c(NS(=O)(=O)C(C)C(OC)c2nc(C)c(C)s2)nnc1-c1cncc(C)c1. The summed E-state index contributed by atoms with van der Waals surface area (Å²) in [7, 11) is 0.449. The predicted octanol–water partition coefficient (Wildman–Crippen LogP) is 4.25. The van der Waals surface area contributed by atoms with Crippen LogP contribution in [0.3, 0.4) is 0 Å². The average molecular weight is 559 g/mol. The van der Waals surface area contributed by atoms with Crippen LogP contribution in [0.2, 0.25) is 0 Å². The summed E-state index contributed by atoms with van der Waals surface area (Å²) in [5, 5.41) is 8.13. The lowest BCUT2D eigenvalue weighted by molar-refractivity contribution is 0.102. The van der Waals surface area contributed by atoms with E-state index in [-0.39, 0.29) is 5.95 Å². The van der Waals surface area contributed by atoms with Crippen molar-refractivity contribution in [2.45, 2.75) is 39.0 Å². The van der Waals surface area contributed by atoms with E-state index in [0.717, 1.165) is 16.1 Å². The van der Waals surface area contributed by atoms with Crippen LogP contribution in [-0.2, 0) is 14.8 Å². The number of aromatic nitrogens is 5. The molecule has 0 aliphatic rings. The lowest BCUT2D eigenvalue weighted by Crippen LogP contribution is -2.32. The van der Waals surface area contributed by atoms with Crippen molar-refractivity contribution in [2.75, 3.05) is 26.1 Å². The second-order valence-electron chi connectivity index (χ2n) is 8.65. The van der Waals surface area contributed by atoms with Gasteiger partial charge in [0.25, 0.3) is 0 Å². The standard InChI is InChI=1S/C25H30N6O5S2/c1-14-11-18(13-26-12-14)23-28-29-25(31(23)21-19(34-5)9-8-10-20(21)35-6)30-38(32,33)17(4)22(36-7)24-27-15(2)16(3)37-24/h8-13,17,22H,1-7H3,(H,29,30). The van der Waals surface area contributed by atoms with E-state index in [4.69, 9.17) is 14.2 Å². The van der Waals surface area contributed by atoms with Gasteiger partial charge in [0.1, 0.15) is 33.5 Å². The van der Waals surface area contributed by atoms with Crippen LogP contribution in [0, 0.1) is 20.8 Å². The minimum atomic E-state index is -4.05. The molecule has 1 N–H and O–H groups in total. The molecule has 202 valence electrons. The fourth-order valence-electron chi connectivity index (χ4n) is 3.97. The molecule has 3 heterocycles. The van der Waals surface area contributed by atoms with E-state index < -0.39 is 21.4 Å². The summed E-state index contributed by atoms with van der Waals surface area (Å²) in [5.41, 5.74) is 2.80. The van der Waals surface area contributed by atoms with Crippen LogP contribution in [0.25, 0.3) is 17.1 Å². The number of hydrogen-bond acceptors (Lipinski definition) is 10. The van der Waals surface area contributed by atoms with Crippen molar-refractivity contribution in [3.63, 3.8) is 0 Å². The van der Waals surface area contributed by atoms with Gasteiger partial charge in [-0.3, -0.25) is 14.3 Å². The van der Waals surface area contributed by atoms with Gasteiger partial charge in [-0.1, -0.05) is 6.07 Å². The molecule has 0 spiro atoms. The van der Waals surface area contributed by atoms with Crippen molar-refractivity contribution in [3.05, 3.63) is 57.8 Å². The fraction of sp³-hybridized carbons (Fsp3) is 0.360. The number of nitrogens with zero attached hydrogens (tertiary/aromatic N) is 5. The first kappa shape index (κ1) is 27.5. The number of ether oxygens (including phenoxy) is 3. The van der Waals surface area contributed by atoms with Gasteiger partial charge >= 0.3 is 0 Å². The minimum absolute atomic E-state index is 0.0440. The molecule has 1 aromatic carbocycles. The number of rotatable bonds is 10. The fourth-order valence-corrected chi connectivity index (χ4v) is 6.30. The van der Waals surface area contributed by atoms with E-state index in [2.05, 4.69) is 24.9 Å². The number of benzene rings is 1. The van der Waals surface area contributed by atoms with E-state index in [1.165, 1.54) is 32.7 Å². The van der Waals surface area contributed by atoms with Crippen LogP contribution in [-0.4, -0.2) is 59.7 Å². The Labute approximate surface area is 225 Å². The molecule has 0 bridgehead atoms. The number of methoxy groups -OCH3 is 3.